The largest absolute Gasteiger partial charge is 0.493 e. The molecule has 0 radical (unpaired) electrons. The minimum Gasteiger partial charge on any atom is -0.493 e. The number of benzene rings is 3. The van der Waals surface area contributed by atoms with Crippen LogP contribution in [0.5, 0.6) is 28.7 Å². The number of methoxy groups -OCH3 is 3. The van der Waals surface area contributed by atoms with E-state index in [1.165, 1.54) is 39.7 Å². The van der Waals surface area contributed by atoms with Crippen molar-refractivity contribution < 1.29 is 33.3 Å². The molecule has 0 saturated heterocycles. The Morgan fingerprint density at radius 2 is 1.31 bits per heavy atom. The van der Waals surface area contributed by atoms with Crippen molar-refractivity contribution in [2.75, 3.05) is 27.9 Å². The predicted octanol–water partition coefficient (Wildman–Crippen LogP) is 7.27. The number of hydrogen-bond acceptors (Lipinski definition) is 8. The van der Waals surface area contributed by atoms with E-state index in [1.807, 2.05) is 0 Å². The monoisotopic (exact) mass is 854 g/mol. The molecule has 206 valence electrons. The van der Waals surface area contributed by atoms with Crippen LogP contribution >= 0.6 is 79.6 Å². The molecule has 9 nitrogen and oxygen atoms in total. The Labute approximate surface area is 266 Å². The van der Waals surface area contributed by atoms with Crippen LogP contribution in [0, 0.1) is 0 Å². The lowest BCUT2D eigenvalue weighted by Gasteiger charge is -2.15. The summed E-state index contributed by atoms with van der Waals surface area (Å²) in [5.74, 6) is 0.394. The fraction of sp³-hybridized carbons (Fsp3) is 0.160. The van der Waals surface area contributed by atoms with Crippen LogP contribution in [0.4, 0.5) is 0 Å². The second-order valence-electron chi connectivity index (χ2n) is 7.39. The zero-order valence-corrected chi connectivity index (χ0v) is 28.4. The molecule has 39 heavy (non-hydrogen) atoms. The Hall–Kier alpha value is -2.13. The molecular formula is C25H19Br5N2O7. The molecule has 0 aliphatic heterocycles. The van der Waals surface area contributed by atoms with Crippen molar-refractivity contribution in [1.82, 2.24) is 5.43 Å². The number of hydrogen-bond donors (Lipinski definition) is 1. The first-order valence-corrected chi connectivity index (χ1v) is 14.6. The van der Waals surface area contributed by atoms with Gasteiger partial charge in [-0.3, -0.25) is 4.79 Å². The van der Waals surface area contributed by atoms with Gasteiger partial charge in [-0.2, -0.15) is 5.10 Å². The van der Waals surface area contributed by atoms with E-state index in [0.29, 0.717) is 46.5 Å². The maximum atomic E-state index is 13.1. The average molecular weight is 859 g/mol. The van der Waals surface area contributed by atoms with E-state index in [2.05, 4.69) is 90.2 Å². The zero-order chi connectivity index (χ0) is 28.7. The molecule has 0 atom stereocenters. The van der Waals surface area contributed by atoms with Crippen molar-refractivity contribution in [3.63, 3.8) is 0 Å². The number of ether oxygens (including phenoxy) is 5. The van der Waals surface area contributed by atoms with Crippen molar-refractivity contribution in [1.29, 1.82) is 0 Å². The first kappa shape index (κ1) is 31.4. The van der Waals surface area contributed by atoms with Gasteiger partial charge in [0, 0.05) is 14.5 Å². The zero-order valence-electron chi connectivity index (χ0n) is 20.4. The minimum atomic E-state index is -0.685. The highest BCUT2D eigenvalue weighted by molar-refractivity contribution is 9.12. The van der Waals surface area contributed by atoms with Gasteiger partial charge in [-0.1, -0.05) is 31.9 Å². The number of hydrazone groups is 1. The van der Waals surface area contributed by atoms with Crippen molar-refractivity contribution in [3.8, 4) is 28.7 Å². The lowest BCUT2D eigenvalue weighted by Crippen LogP contribution is -2.24. The molecule has 0 bridgehead atoms. The lowest BCUT2D eigenvalue weighted by atomic mass is 10.1. The Morgan fingerprint density at radius 3 is 1.85 bits per heavy atom. The highest BCUT2D eigenvalue weighted by atomic mass is 79.9. The summed E-state index contributed by atoms with van der Waals surface area (Å²) in [6, 6.07) is 9.92. The molecule has 0 saturated carbocycles. The fourth-order valence-electron chi connectivity index (χ4n) is 3.15. The summed E-state index contributed by atoms with van der Waals surface area (Å²) >= 11 is 17.0. The van der Waals surface area contributed by atoms with Crippen LogP contribution in [0.25, 0.3) is 0 Å². The highest BCUT2D eigenvalue weighted by Gasteiger charge is 2.21. The SMILES string of the molecule is COc1cc(C(=O)Oc2c(Br)cc(Br)cc2/C=N\NC(=O)COc2c(Br)cc(Br)cc2Br)cc(OC)c1OC. The molecule has 0 aliphatic carbocycles. The number of amides is 1. The van der Waals surface area contributed by atoms with Crippen LogP contribution in [0.15, 0.2) is 63.9 Å². The van der Waals surface area contributed by atoms with Crippen molar-refractivity contribution in [2.24, 2.45) is 5.10 Å². The predicted molar refractivity (Wildman–Crippen MR) is 164 cm³/mol. The third-order valence-corrected chi connectivity index (χ3v) is 7.52. The summed E-state index contributed by atoms with van der Waals surface area (Å²) in [5, 5.41) is 3.99. The van der Waals surface area contributed by atoms with Gasteiger partial charge in [-0.15, -0.1) is 0 Å². The van der Waals surface area contributed by atoms with E-state index in [1.54, 1.807) is 24.3 Å². The van der Waals surface area contributed by atoms with Crippen molar-refractivity contribution in [2.45, 2.75) is 0 Å². The third-order valence-electron chi connectivity index (χ3n) is 4.84. The van der Waals surface area contributed by atoms with Gasteiger partial charge in [0.1, 0.15) is 5.75 Å². The van der Waals surface area contributed by atoms with Crippen molar-refractivity contribution >= 4 is 97.7 Å². The molecular weight excluding hydrogens is 840 g/mol. The van der Waals surface area contributed by atoms with Gasteiger partial charge in [0.2, 0.25) is 5.75 Å². The molecule has 0 fully saturated rings. The standard InChI is InChI=1S/C25H19Br5N2O7/c1-35-19-5-12(6-20(36-2)24(19)37-3)25(34)39-22-13(4-14(26)7-16(22)28)10-31-32-21(33)11-38-23-17(29)8-15(27)9-18(23)30/h4-10H,11H2,1-3H3,(H,32,33)/b31-10-. The van der Waals surface area contributed by atoms with E-state index in [9.17, 15) is 9.59 Å². The second kappa shape index (κ2) is 14.5. The van der Waals surface area contributed by atoms with E-state index in [0.717, 1.165) is 4.47 Å². The number of rotatable bonds is 10. The summed E-state index contributed by atoms with van der Waals surface area (Å²) in [6.07, 6.45) is 1.34. The summed E-state index contributed by atoms with van der Waals surface area (Å²) in [7, 11) is 4.36. The fourth-order valence-corrected chi connectivity index (χ4v) is 6.97. The molecule has 14 heteroatoms. The van der Waals surface area contributed by atoms with Crippen LogP contribution in [0.2, 0.25) is 0 Å². The molecule has 0 aromatic heterocycles. The van der Waals surface area contributed by atoms with Crippen LogP contribution < -0.4 is 29.1 Å². The molecule has 3 aromatic rings. The van der Waals surface area contributed by atoms with Gasteiger partial charge in [0.25, 0.3) is 5.91 Å². The van der Waals surface area contributed by atoms with E-state index in [4.69, 9.17) is 23.7 Å². The maximum absolute atomic E-state index is 13.1. The molecule has 0 aliphatic rings. The summed E-state index contributed by atoms with van der Waals surface area (Å²) in [5.41, 5.74) is 2.96. The van der Waals surface area contributed by atoms with Gasteiger partial charge in [0.15, 0.2) is 23.9 Å². The Bertz CT molecular complexity index is 1380. The Balaban J connectivity index is 1.76. The number of esters is 1. The first-order chi connectivity index (χ1) is 18.6. The number of carbonyl (C=O) groups excluding carboxylic acids is 2. The summed E-state index contributed by atoms with van der Waals surface area (Å²) in [4.78, 5) is 25.4. The van der Waals surface area contributed by atoms with Crippen LogP contribution in [0.3, 0.4) is 0 Å². The van der Waals surface area contributed by atoms with E-state index >= 15 is 0 Å². The third kappa shape index (κ3) is 8.19. The number of carbonyl (C=O) groups is 2. The van der Waals surface area contributed by atoms with Crippen LogP contribution in [-0.4, -0.2) is 46.0 Å². The topological polar surface area (TPSA) is 105 Å². The number of halogens is 5. The Kier molecular flexibility index (Phi) is 11.7. The second-order valence-corrected chi connectivity index (χ2v) is 11.8. The normalized spacial score (nSPS) is 10.8. The minimum absolute atomic E-state index is 0.165. The molecule has 0 heterocycles. The molecule has 1 amide bonds. The van der Waals surface area contributed by atoms with Crippen LogP contribution in [0.1, 0.15) is 15.9 Å². The van der Waals surface area contributed by atoms with Gasteiger partial charge in [-0.25, -0.2) is 10.2 Å². The smallest absolute Gasteiger partial charge is 0.343 e. The van der Waals surface area contributed by atoms with Gasteiger partial charge >= 0.3 is 5.97 Å². The molecule has 1 N–H and O–H groups in total. The van der Waals surface area contributed by atoms with Crippen molar-refractivity contribution in [3.05, 3.63) is 69.9 Å². The lowest BCUT2D eigenvalue weighted by molar-refractivity contribution is -0.123. The summed E-state index contributed by atoms with van der Waals surface area (Å²) in [6.45, 7) is -0.290. The van der Waals surface area contributed by atoms with Gasteiger partial charge in [0.05, 0.1) is 46.5 Å². The van der Waals surface area contributed by atoms with Gasteiger partial charge in [-0.05, 0) is 84.2 Å². The summed E-state index contributed by atoms with van der Waals surface area (Å²) < 4.78 is 30.5. The quantitative estimate of drug-likeness (QED) is 0.0991. The molecule has 3 aromatic carbocycles. The average Bonchev–Trinajstić information content (AvgIpc) is 2.88. The van der Waals surface area contributed by atoms with E-state index in [-0.39, 0.29) is 17.9 Å². The maximum Gasteiger partial charge on any atom is 0.343 e. The van der Waals surface area contributed by atoms with E-state index < -0.39 is 11.9 Å². The van der Waals surface area contributed by atoms with Crippen LogP contribution in [-0.2, 0) is 4.79 Å². The highest BCUT2D eigenvalue weighted by Crippen LogP contribution is 2.39. The molecule has 0 spiro atoms. The number of nitrogens with one attached hydrogen (secondary N) is 1. The van der Waals surface area contributed by atoms with Gasteiger partial charge < -0.3 is 23.7 Å². The first-order valence-electron chi connectivity index (χ1n) is 10.7. The molecule has 3 rings (SSSR count). The Morgan fingerprint density at radius 1 is 0.769 bits per heavy atom. The number of nitrogens with zero attached hydrogens (tertiary/aromatic N) is 1. The molecule has 0 unspecified atom stereocenters.